The van der Waals surface area contributed by atoms with Crippen molar-refractivity contribution in [2.45, 2.75) is 32.3 Å². The van der Waals surface area contributed by atoms with E-state index in [9.17, 15) is 9.90 Å². The highest BCUT2D eigenvalue weighted by Crippen LogP contribution is 2.25. The summed E-state index contributed by atoms with van der Waals surface area (Å²) in [6.07, 6.45) is 1.56. The number of ether oxygens (including phenoxy) is 1. The Balaban J connectivity index is 1.82. The van der Waals surface area contributed by atoms with E-state index in [1.165, 1.54) is 0 Å². The Morgan fingerprint density at radius 1 is 1.41 bits per heavy atom. The van der Waals surface area contributed by atoms with Crippen molar-refractivity contribution in [2.24, 2.45) is 5.92 Å². The molecule has 0 spiro atoms. The van der Waals surface area contributed by atoms with Crippen molar-refractivity contribution in [3.05, 3.63) is 29.3 Å². The number of aryl methyl sites for hydroxylation is 1. The molecular weight excluding hydrogens is 282 g/mol. The normalized spacial score (nSPS) is 18.1. The van der Waals surface area contributed by atoms with E-state index in [4.69, 9.17) is 9.84 Å². The molecule has 122 valence electrons. The van der Waals surface area contributed by atoms with Crippen molar-refractivity contribution in [1.82, 2.24) is 4.90 Å². The fourth-order valence-electron chi connectivity index (χ4n) is 2.98. The molecule has 0 radical (unpaired) electrons. The lowest BCUT2D eigenvalue weighted by Crippen LogP contribution is -2.37. The summed E-state index contributed by atoms with van der Waals surface area (Å²) in [6.45, 7) is 4.35. The largest absolute Gasteiger partial charge is 0.496 e. The molecule has 0 amide bonds. The number of hydrogen-bond acceptors (Lipinski definition) is 4. The first kappa shape index (κ1) is 16.8. The lowest BCUT2D eigenvalue weighted by atomic mass is 9.96. The Morgan fingerprint density at radius 3 is 2.64 bits per heavy atom. The van der Waals surface area contributed by atoms with E-state index in [0.29, 0.717) is 19.3 Å². The van der Waals surface area contributed by atoms with Crippen molar-refractivity contribution in [2.75, 3.05) is 26.7 Å². The van der Waals surface area contributed by atoms with Gasteiger partial charge in [0.05, 0.1) is 19.1 Å². The van der Waals surface area contributed by atoms with E-state index < -0.39 is 12.1 Å². The van der Waals surface area contributed by atoms with Crippen LogP contribution in [-0.2, 0) is 4.79 Å². The smallest absolute Gasteiger partial charge is 0.306 e. The molecular formula is C17H25NO4. The lowest BCUT2D eigenvalue weighted by molar-refractivity contribution is -0.143. The number of benzene rings is 1. The highest BCUT2D eigenvalue weighted by atomic mass is 16.5. The third kappa shape index (κ3) is 4.21. The van der Waals surface area contributed by atoms with Crippen LogP contribution in [0.4, 0.5) is 0 Å². The molecule has 1 aliphatic heterocycles. The van der Waals surface area contributed by atoms with Crippen molar-refractivity contribution in [3.63, 3.8) is 0 Å². The maximum absolute atomic E-state index is 10.9. The molecule has 1 unspecified atom stereocenters. The van der Waals surface area contributed by atoms with Gasteiger partial charge in [-0.3, -0.25) is 4.79 Å². The van der Waals surface area contributed by atoms with Crippen LogP contribution in [0.2, 0.25) is 0 Å². The molecule has 1 heterocycles. The second-order valence-electron chi connectivity index (χ2n) is 5.99. The van der Waals surface area contributed by atoms with Gasteiger partial charge in [0, 0.05) is 6.54 Å². The van der Waals surface area contributed by atoms with Gasteiger partial charge in [0.2, 0.25) is 0 Å². The molecule has 1 aromatic rings. The third-order valence-corrected chi connectivity index (χ3v) is 4.46. The van der Waals surface area contributed by atoms with Crippen LogP contribution >= 0.6 is 0 Å². The van der Waals surface area contributed by atoms with Gasteiger partial charge in [0.15, 0.2) is 0 Å². The maximum Gasteiger partial charge on any atom is 0.306 e. The predicted molar refractivity (Wildman–Crippen MR) is 84.1 cm³/mol. The summed E-state index contributed by atoms with van der Waals surface area (Å²) < 4.78 is 5.23. The summed E-state index contributed by atoms with van der Waals surface area (Å²) in [7, 11) is 1.64. The summed E-state index contributed by atoms with van der Waals surface area (Å²) in [5, 5.41) is 19.3. The van der Waals surface area contributed by atoms with E-state index in [1.54, 1.807) is 7.11 Å². The van der Waals surface area contributed by atoms with E-state index in [0.717, 1.165) is 36.5 Å². The number of nitrogens with zero attached hydrogens (tertiary/aromatic N) is 1. The number of likely N-dealkylation sites (tertiary alicyclic amines) is 1. The minimum absolute atomic E-state index is 0.203. The van der Waals surface area contributed by atoms with Gasteiger partial charge < -0.3 is 19.8 Å². The van der Waals surface area contributed by atoms with Gasteiger partial charge in [-0.2, -0.15) is 0 Å². The lowest BCUT2D eigenvalue weighted by Gasteiger charge is -2.30. The number of carbonyl (C=O) groups is 1. The average Bonchev–Trinajstić information content (AvgIpc) is 2.52. The van der Waals surface area contributed by atoms with Crippen LogP contribution in [0.15, 0.2) is 18.2 Å². The van der Waals surface area contributed by atoms with Crippen LogP contribution < -0.4 is 4.74 Å². The standard InChI is InChI=1S/C17H25NO4/c1-12-11-14(3-4-16(12)22-2)15(19)7-10-18-8-5-13(6-9-18)17(20)21/h3-4,11,13,15,19H,5-10H2,1-2H3,(H,20,21). The summed E-state index contributed by atoms with van der Waals surface area (Å²) in [4.78, 5) is 13.2. The van der Waals surface area contributed by atoms with Crippen LogP contribution in [0.5, 0.6) is 5.75 Å². The van der Waals surface area contributed by atoms with Crippen molar-refractivity contribution < 1.29 is 19.7 Å². The molecule has 5 heteroatoms. The first-order valence-corrected chi connectivity index (χ1v) is 7.79. The highest BCUT2D eigenvalue weighted by Gasteiger charge is 2.24. The van der Waals surface area contributed by atoms with Crippen LogP contribution in [-0.4, -0.2) is 47.8 Å². The quantitative estimate of drug-likeness (QED) is 0.843. The van der Waals surface area contributed by atoms with Crippen molar-refractivity contribution in [3.8, 4) is 5.75 Å². The molecule has 1 fully saturated rings. The molecule has 0 aromatic heterocycles. The van der Waals surface area contributed by atoms with Gasteiger partial charge in [-0.1, -0.05) is 6.07 Å². The molecule has 0 aliphatic carbocycles. The van der Waals surface area contributed by atoms with E-state index >= 15 is 0 Å². The van der Waals surface area contributed by atoms with Gasteiger partial charge in [0.1, 0.15) is 5.75 Å². The third-order valence-electron chi connectivity index (χ3n) is 4.46. The first-order chi connectivity index (χ1) is 10.5. The minimum atomic E-state index is -0.687. The Hall–Kier alpha value is -1.59. The molecule has 5 nitrogen and oxygen atoms in total. The second kappa shape index (κ2) is 7.61. The molecule has 1 atom stereocenters. The molecule has 2 N–H and O–H groups in total. The topological polar surface area (TPSA) is 70.0 Å². The number of carboxylic acid groups (broad SMARTS) is 1. The summed E-state index contributed by atoms with van der Waals surface area (Å²) >= 11 is 0. The fourth-order valence-corrected chi connectivity index (χ4v) is 2.98. The Kier molecular flexibility index (Phi) is 5.80. The van der Waals surface area contributed by atoms with Crippen LogP contribution in [0.1, 0.15) is 36.5 Å². The summed E-state index contributed by atoms with van der Waals surface area (Å²) in [5.74, 6) is -0.0644. The van der Waals surface area contributed by atoms with Gasteiger partial charge in [0.25, 0.3) is 0 Å². The fraction of sp³-hybridized carbons (Fsp3) is 0.588. The molecule has 1 aromatic carbocycles. The second-order valence-corrected chi connectivity index (χ2v) is 5.99. The zero-order chi connectivity index (χ0) is 16.1. The number of aliphatic hydroxyl groups excluding tert-OH is 1. The number of rotatable bonds is 6. The number of aliphatic hydroxyl groups is 1. The molecule has 22 heavy (non-hydrogen) atoms. The summed E-state index contributed by atoms with van der Waals surface area (Å²) in [5.41, 5.74) is 1.92. The average molecular weight is 307 g/mol. The van der Waals surface area contributed by atoms with Gasteiger partial charge >= 0.3 is 5.97 Å². The molecule has 0 saturated carbocycles. The predicted octanol–water partition coefficient (Wildman–Crippen LogP) is 2.22. The monoisotopic (exact) mass is 307 g/mol. The minimum Gasteiger partial charge on any atom is -0.496 e. The summed E-state index contributed by atoms with van der Waals surface area (Å²) in [6, 6.07) is 5.74. The number of methoxy groups -OCH3 is 1. The molecule has 1 aliphatic rings. The maximum atomic E-state index is 10.9. The van der Waals surface area contributed by atoms with Crippen LogP contribution in [0, 0.1) is 12.8 Å². The van der Waals surface area contributed by atoms with Crippen molar-refractivity contribution in [1.29, 1.82) is 0 Å². The van der Waals surface area contributed by atoms with Crippen molar-refractivity contribution >= 4 is 5.97 Å². The van der Waals surface area contributed by atoms with E-state index in [1.807, 2.05) is 25.1 Å². The molecule has 2 rings (SSSR count). The van der Waals surface area contributed by atoms with E-state index in [2.05, 4.69) is 4.90 Å². The Bertz CT molecular complexity index is 509. The number of piperidine rings is 1. The number of carboxylic acids is 1. The van der Waals surface area contributed by atoms with Gasteiger partial charge in [-0.15, -0.1) is 0 Å². The van der Waals surface area contributed by atoms with Gasteiger partial charge in [-0.25, -0.2) is 0 Å². The number of hydrogen-bond donors (Lipinski definition) is 2. The Morgan fingerprint density at radius 2 is 2.09 bits per heavy atom. The van der Waals surface area contributed by atoms with Crippen LogP contribution in [0.25, 0.3) is 0 Å². The zero-order valence-electron chi connectivity index (χ0n) is 13.3. The van der Waals surface area contributed by atoms with Gasteiger partial charge in [-0.05, 0) is 62.5 Å². The SMILES string of the molecule is COc1ccc(C(O)CCN2CCC(C(=O)O)CC2)cc1C. The molecule has 1 saturated heterocycles. The molecule has 0 bridgehead atoms. The number of aliphatic carboxylic acids is 1. The van der Waals surface area contributed by atoms with E-state index in [-0.39, 0.29) is 5.92 Å². The first-order valence-electron chi connectivity index (χ1n) is 7.79. The highest BCUT2D eigenvalue weighted by molar-refractivity contribution is 5.70. The zero-order valence-corrected chi connectivity index (χ0v) is 13.3. The van der Waals surface area contributed by atoms with Crippen LogP contribution in [0.3, 0.4) is 0 Å². The Labute approximate surface area is 131 Å².